The molecular weight excluding hydrogens is 1040 g/mol. The molecule has 10 atom stereocenters. The van der Waals surface area contributed by atoms with E-state index in [1.54, 1.807) is 58.0 Å². The van der Waals surface area contributed by atoms with Gasteiger partial charge in [0, 0.05) is 25.8 Å². The number of phenolic OH excluding ortho intramolecular Hbond substituents is 1. The lowest BCUT2D eigenvalue weighted by molar-refractivity contribution is -0.143. The molecule has 1 fully saturated rings. The Bertz CT molecular complexity index is 2500. The van der Waals surface area contributed by atoms with Crippen molar-refractivity contribution in [1.29, 1.82) is 0 Å². The minimum Gasteiger partial charge on any atom is -0.508 e. The van der Waals surface area contributed by atoms with Gasteiger partial charge in [-0.3, -0.25) is 52.7 Å². The third-order valence-corrected chi connectivity index (χ3v) is 13.4. The van der Waals surface area contributed by atoms with Gasteiger partial charge in [0.2, 0.25) is 59.1 Å². The van der Waals surface area contributed by atoms with Crippen LogP contribution in [-0.2, 0) is 70.4 Å². The van der Waals surface area contributed by atoms with Crippen LogP contribution in [0.15, 0.2) is 54.6 Å². The van der Waals surface area contributed by atoms with Gasteiger partial charge in [0.1, 0.15) is 54.1 Å². The van der Waals surface area contributed by atoms with Crippen LogP contribution in [0.4, 0.5) is 0 Å². The van der Waals surface area contributed by atoms with Gasteiger partial charge in [0.05, 0.1) is 18.9 Å². The number of primary amides is 2. The van der Waals surface area contributed by atoms with Gasteiger partial charge in [-0.25, -0.2) is 4.79 Å². The van der Waals surface area contributed by atoms with Crippen LogP contribution in [-0.4, -0.2) is 159 Å². The van der Waals surface area contributed by atoms with E-state index in [-0.39, 0.29) is 18.7 Å². The number of unbranched alkanes of at least 4 members (excludes halogenated alkanes) is 1. The molecule has 0 aliphatic carbocycles. The zero-order valence-electron chi connectivity index (χ0n) is 45.4. The Balaban J connectivity index is 1.90. The van der Waals surface area contributed by atoms with E-state index < -0.39 is 169 Å². The molecule has 80 heavy (non-hydrogen) atoms. The summed E-state index contributed by atoms with van der Waals surface area (Å²) in [6, 6.07) is 0.145. The molecule has 10 amide bonds. The smallest absolute Gasteiger partial charge is 0.326 e. The minimum atomic E-state index is -2.04. The molecule has 1 aliphatic rings. The summed E-state index contributed by atoms with van der Waals surface area (Å²) in [6.45, 7) is 7.37. The molecule has 1 heterocycles. The van der Waals surface area contributed by atoms with Crippen molar-refractivity contribution in [2.24, 2.45) is 34.8 Å². The average Bonchev–Trinajstić information content (AvgIpc) is 3.90. The van der Waals surface area contributed by atoms with Crippen LogP contribution in [0.3, 0.4) is 0 Å². The Morgan fingerprint density at radius 2 is 1.14 bits per heavy atom. The van der Waals surface area contributed by atoms with Gasteiger partial charge in [0.25, 0.3) is 0 Å². The van der Waals surface area contributed by atoms with E-state index >= 15 is 0 Å². The summed E-state index contributed by atoms with van der Waals surface area (Å²) in [6.07, 6.45) is -0.734. The normalized spacial score (nSPS) is 16.4. The Kier molecular flexibility index (Phi) is 27.0. The largest absolute Gasteiger partial charge is 0.508 e. The summed E-state index contributed by atoms with van der Waals surface area (Å²) in [5.74, 6) is -14.1. The average molecular weight is 1120 g/mol. The van der Waals surface area contributed by atoms with Gasteiger partial charge < -0.3 is 80.4 Å². The maximum atomic E-state index is 14.3. The fraction of sp³-hybridized carbons (Fsp3) is 0.547. The standard InChI is InChI=1S/C53H78N12O15/c1-5-29(4)44(64-49(75)39-15-11-23-65(39)52(78)33(55)14-9-10-22-54)51(77)63-43(28(2)3)50(76)58-34(20-21-40(56)67)45(71)59-35(24-31-16-18-32(66)19-17-31)46(72)61-37(27-42(69)70)48(74)60-36(26-41(57)68)47(73)62-38(53(79)80)25-30-12-7-6-8-13-30/h6-8,12-13,16-19,28-29,33-39,43-44,66H,5,9-11,14-15,20-27,54-55H2,1-4H3,(H2,56,67)(H2,57,68)(H,58,76)(H,59,71)(H,60,74)(H,61,72)(H,62,73)(H,63,77)(H,64,75)(H,69,70)(H,79,80)/t29-,33-,34-,35-,36-,37-,38-,39-,43-,44-/m0/s1. The molecule has 0 unspecified atom stereocenters. The fourth-order valence-electron chi connectivity index (χ4n) is 8.70. The topological polar surface area (TPSA) is 457 Å². The predicted octanol–water partition coefficient (Wildman–Crippen LogP) is -2.58. The van der Waals surface area contributed by atoms with Crippen molar-refractivity contribution in [1.82, 2.24) is 42.1 Å². The third kappa shape index (κ3) is 21.6. The fourth-order valence-corrected chi connectivity index (χ4v) is 8.70. The van der Waals surface area contributed by atoms with Gasteiger partial charge in [-0.05, 0) is 73.7 Å². The molecule has 18 N–H and O–H groups in total. The summed E-state index contributed by atoms with van der Waals surface area (Å²) < 4.78 is 0. The van der Waals surface area contributed by atoms with E-state index in [1.807, 2.05) is 0 Å². The molecule has 1 aliphatic heterocycles. The number of aromatic hydroxyl groups is 1. The highest BCUT2D eigenvalue weighted by Gasteiger charge is 2.40. The minimum absolute atomic E-state index is 0.178. The van der Waals surface area contributed by atoms with Crippen LogP contribution in [0.2, 0.25) is 0 Å². The van der Waals surface area contributed by atoms with E-state index in [0.717, 1.165) is 0 Å². The van der Waals surface area contributed by atoms with Crippen molar-refractivity contribution in [3.05, 3.63) is 65.7 Å². The number of carboxylic acid groups (broad SMARTS) is 2. The third-order valence-electron chi connectivity index (χ3n) is 13.4. The second kappa shape index (κ2) is 32.6. The number of nitrogens with zero attached hydrogens (tertiary/aromatic N) is 1. The lowest BCUT2D eigenvalue weighted by Gasteiger charge is -2.31. The molecule has 0 aromatic heterocycles. The molecule has 27 heteroatoms. The van der Waals surface area contributed by atoms with Crippen LogP contribution in [0.25, 0.3) is 0 Å². The molecule has 27 nitrogen and oxygen atoms in total. The van der Waals surface area contributed by atoms with E-state index in [2.05, 4.69) is 37.2 Å². The van der Waals surface area contributed by atoms with Crippen molar-refractivity contribution in [2.75, 3.05) is 13.1 Å². The van der Waals surface area contributed by atoms with Crippen LogP contribution in [0.1, 0.15) is 103 Å². The molecule has 2 aromatic carbocycles. The van der Waals surface area contributed by atoms with Crippen molar-refractivity contribution < 1.29 is 72.9 Å². The monoisotopic (exact) mass is 1120 g/mol. The number of amides is 10. The highest BCUT2D eigenvalue weighted by atomic mass is 16.4. The van der Waals surface area contributed by atoms with Gasteiger partial charge in [-0.1, -0.05) is 83.0 Å². The molecule has 0 saturated carbocycles. The van der Waals surface area contributed by atoms with Gasteiger partial charge in [-0.2, -0.15) is 0 Å². The number of phenols is 1. The number of aliphatic carboxylic acids is 2. The number of nitrogens with one attached hydrogen (secondary N) is 7. The second-order valence-electron chi connectivity index (χ2n) is 20.2. The maximum Gasteiger partial charge on any atom is 0.326 e. The molecule has 3 rings (SSSR count). The highest BCUT2D eigenvalue weighted by molar-refractivity contribution is 6.00. The number of carbonyl (C=O) groups is 12. The first kappa shape index (κ1) is 66.1. The number of carboxylic acids is 2. The molecule has 0 spiro atoms. The first-order chi connectivity index (χ1) is 37.8. The first-order valence-electron chi connectivity index (χ1n) is 26.5. The van der Waals surface area contributed by atoms with E-state index in [4.69, 9.17) is 22.9 Å². The lowest BCUT2D eigenvalue weighted by atomic mass is 9.95. The number of likely N-dealkylation sites (tertiary alicyclic amines) is 1. The van der Waals surface area contributed by atoms with Gasteiger partial charge >= 0.3 is 11.9 Å². The number of nitrogens with two attached hydrogens (primary N) is 4. The molecule has 0 radical (unpaired) electrons. The number of carbonyl (C=O) groups excluding carboxylic acids is 10. The number of benzene rings is 2. The molecule has 440 valence electrons. The summed E-state index contributed by atoms with van der Waals surface area (Å²) in [5.41, 5.74) is 23.4. The Morgan fingerprint density at radius 3 is 1.69 bits per heavy atom. The Hall–Kier alpha value is -8.20. The summed E-state index contributed by atoms with van der Waals surface area (Å²) in [7, 11) is 0. The zero-order chi connectivity index (χ0) is 59.8. The summed E-state index contributed by atoms with van der Waals surface area (Å²) >= 11 is 0. The number of rotatable bonds is 34. The molecule has 0 bridgehead atoms. The maximum absolute atomic E-state index is 14.3. The first-order valence-corrected chi connectivity index (χ1v) is 26.5. The van der Waals surface area contributed by atoms with Crippen LogP contribution >= 0.6 is 0 Å². The highest BCUT2D eigenvalue weighted by Crippen LogP contribution is 2.21. The zero-order valence-corrected chi connectivity index (χ0v) is 45.4. The molecule has 1 saturated heterocycles. The van der Waals surface area contributed by atoms with E-state index in [1.165, 1.54) is 29.2 Å². The van der Waals surface area contributed by atoms with Crippen molar-refractivity contribution >= 4 is 71.0 Å². The van der Waals surface area contributed by atoms with Crippen molar-refractivity contribution in [2.45, 2.75) is 159 Å². The Labute approximate surface area is 463 Å². The quantitative estimate of drug-likeness (QED) is 0.0320. The van der Waals surface area contributed by atoms with E-state index in [0.29, 0.717) is 56.2 Å². The summed E-state index contributed by atoms with van der Waals surface area (Å²) in [4.78, 5) is 161. The van der Waals surface area contributed by atoms with Crippen molar-refractivity contribution in [3.8, 4) is 5.75 Å². The molecule has 2 aromatic rings. The summed E-state index contributed by atoms with van der Waals surface area (Å²) in [5, 5.41) is 46.7. The van der Waals surface area contributed by atoms with Crippen LogP contribution in [0.5, 0.6) is 5.75 Å². The predicted molar refractivity (Wildman–Crippen MR) is 288 cm³/mol. The Morgan fingerprint density at radius 1 is 0.613 bits per heavy atom. The van der Waals surface area contributed by atoms with Crippen molar-refractivity contribution in [3.63, 3.8) is 0 Å². The SMILES string of the molecule is CC[C@H](C)[C@H](NC(=O)[C@@H]1CCCN1C(=O)[C@@H](N)CCCCN)C(=O)N[C@H](C(=O)N[C@@H](CCC(N)=O)C(=O)N[C@@H](Cc1ccc(O)cc1)C(=O)N[C@@H](CC(=O)O)C(=O)N[C@@H](CC(N)=O)C(=O)N[C@@H](Cc1ccccc1)C(=O)O)C(C)C. The van der Waals surface area contributed by atoms with E-state index in [9.17, 15) is 72.9 Å². The second-order valence-corrected chi connectivity index (χ2v) is 20.2. The molecular formula is C53H78N12O15. The van der Waals surface area contributed by atoms with Crippen LogP contribution < -0.4 is 60.2 Å². The van der Waals surface area contributed by atoms with Gasteiger partial charge in [0.15, 0.2) is 0 Å². The number of hydrogen-bond donors (Lipinski definition) is 14. The lowest BCUT2D eigenvalue weighted by Crippen LogP contribution is -2.62. The van der Waals surface area contributed by atoms with Gasteiger partial charge in [-0.15, -0.1) is 0 Å². The van der Waals surface area contributed by atoms with Crippen LogP contribution in [0, 0.1) is 11.8 Å². The number of hydrogen-bond acceptors (Lipinski definition) is 15.